The first-order valence-corrected chi connectivity index (χ1v) is 8.62. The lowest BCUT2D eigenvalue weighted by molar-refractivity contribution is -0.115. The van der Waals surface area contributed by atoms with Crippen molar-refractivity contribution >= 4 is 23.2 Å². The SMILES string of the molecule is COc1ccc(C)cc1NC(=O)Cc1cnc(-c2ccc(Cl)cc2)[nH]c1=O. The van der Waals surface area contributed by atoms with Crippen LogP contribution in [0.2, 0.25) is 5.02 Å². The number of aromatic nitrogens is 2. The number of aromatic amines is 1. The Morgan fingerprint density at radius 3 is 2.63 bits per heavy atom. The van der Waals surface area contributed by atoms with Crippen LogP contribution in [0.3, 0.4) is 0 Å². The molecule has 0 bridgehead atoms. The summed E-state index contributed by atoms with van der Waals surface area (Å²) in [6.07, 6.45) is 1.32. The molecule has 0 aliphatic heterocycles. The predicted molar refractivity (Wildman–Crippen MR) is 105 cm³/mol. The molecule has 2 aromatic carbocycles. The number of benzene rings is 2. The van der Waals surface area contributed by atoms with Gasteiger partial charge in [0.25, 0.3) is 5.56 Å². The van der Waals surface area contributed by atoms with Crippen LogP contribution in [0.25, 0.3) is 11.4 Å². The average molecular weight is 384 g/mol. The third-order valence-corrected chi connectivity index (χ3v) is 4.22. The average Bonchev–Trinajstić information content (AvgIpc) is 2.64. The molecule has 0 atom stereocenters. The van der Waals surface area contributed by atoms with Gasteiger partial charge in [-0.1, -0.05) is 17.7 Å². The maximum absolute atomic E-state index is 12.3. The number of hydrogen-bond acceptors (Lipinski definition) is 4. The zero-order valence-electron chi connectivity index (χ0n) is 14.9. The fraction of sp³-hybridized carbons (Fsp3) is 0.150. The van der Waals surface area contributed by atoms with E-state index in [1.165, 1.54) is 13.3 Å². The van der Waals surface area contributed by atoms with Crippen molar-refractivity contribution in [3.8, 4) is 17.1 Å². The Bertz CT molecular complexity index is 1030. The van der Waals surface area contributed by atoms with Crippen molar-refractivity contribution in [1.82, 2.24) is 9.97 Å². The molecule has 0 aliphatic carbocycles. The number of anilines is 1. The molecule has 6 nitrogen and oxygen atoms in total. The highest BCUT2D eigenvalue weighted by atomic mass is 35.5. The summed E-state index contributed by atoms with van der Waals surface area (Å²) in [5.74, 6) is 0.644. The predicted octanol–water partition coefficient (Wildman–Crippen LogP) is 3.59. The number of hydrogen-bond donors (Lipinski definition) is 2. The van der Waals surface area contributed by atoms with Crippen LogP contribution in [-0.2, 0) is 11.2 Å². The number of carbonyl (C=O) groups is 1. The summed E-state index contributed by atoms with van der Waals surface area (Å²) in [7, 11) is 1.53. The molecule has 2 N–H and O–H groups in total. The number of halogens is 1. The van der Waals surface area contributed by atoms with Crippen molar-refractivity contribution in [3.05, 3.63) is 75.2 Å². The Morgan fingerprint density at radius 1 is 1.22 bits per heavy atom. The molecule has 0 saturated carbocycles. The lowest BCUT2D eigenvalue weighted by Gasteiger charge is -2.11. The van der Waals surface area contributed by atoms with Gasteiger partial charge >= 0.3 is 0 Å². The molecule has 0 fully saturated rings. The second-order valence-corrected chi connectivity index (χ2v) is 6.46. The van der Waals surface area contributed by atoms with Crippen LogP contribution in [-0.4, -0.2) is 23.0 Å². The van der Waals surface area contributed by atoms with E-state index in [1.54, 1.807) is 30.3 Å². The van der Waals surface area contributed by atoms with Crippen molar-refractivity contribution in [2.75, 3.05) is 12.4 Å². The van der Waals surface area contributed by atoms with Gasteiger partial charge in [-0.3, -0.25) is 9.59 Å². The maximum atomic E-state index is 12.3. The van der Waals surface area contributed by atoms with Gasteiger partial charge in [0.15, 0.2) is 0 Å². The first-order chi connectivity index (χ1) is 13.0. The van der Waals surface area contributed by atoms with Crippen LogP contribution in [0.1, 0.15) is 11.1 Å². The zero-order valence-corrected chi connectivity index (χ0v) is 15.6. The van der Waals surface area contributed by atoms with Gasteiger partial charge in [0.05, 0.1) is 19.2 Å². The van der Waals surface area contributed by atoms with Gasteiger partial charge < -0.3 is 15.0 Å². The molecule has 1 heterocycles. The topological polar surface area (TPSA) is 84.1 Å². The summed E-state index contributed by atoms with van der Waals surface area (Å²) in [5, 5.41) is 3.37. The lowest BCUT2D eigenvalue weighted by Crippen LogP contribution is -2.22. The van der Waals surface area contributed by atoms with E-state index in [4.69, 9.17) is 16.3 Å². The van der Waals surface area contributed by atoms with Crippen LogP contribution >= 0.6 is 11.6 Å². The van der Waals surface area contributed by atoms with E-state index in [1.807, 2.05) is 19.1 Å². The summed E-state index contributed by atoms with van der Waals surface area (Å²) in [6.45, 7) is 1.92. The molecule has 138 valence electrons. The number of rotatable bonds is 5. The van der Waals surface area contributed by atoms with E-state index in [0.717, 1.165) is 11.1 Å². The molecule has 3 aromatic rings. The summed E-state index contributed by atoms with van der Waals surface area (Å²) in [4.78, 5) is 31.6. The number of amides is 1. The van der Waals surface area contributed by atoms with E-state index < -0.39 is 0 Å². The smallest absolute Gasteiger partial charge is 0.254 e. The van der Waals surface area contributed by atoms with Gasteiger partial charge in [-0.2, -0.15) is 0 Å². The molecule has 7 heteroatoms. The standard InChI is InChI=1S/C20H18ClN3O3/c1-12-3-8-17(27-2)16(9-12)23-18(25)10-14-11-22-19(24-20(14)26)13-4-6-15(21)7-5-13/h3-9,11H,10H2,1-2H3,(H,23,25)(H,22,24,26). The van der Waals surface area contributed by atoms with Gasteiger partial charge in [0.1, 0.15) is 11.6 Å². The fourth-order valence-electron chi connectivity index (χ4n) is 2.59. The van der Waals surface area contributed by atoms with Crippen molar-refractivity contribution < 1.29 is 9.53 Å². The fourth-order valence-corrected chi connectivity index (χ4v) is 2.71. The van der Waals surface area contributed by atoms with Crippen LogP contribution < -0.4 is 15.6 Å². The van der Waals surface area contributed by atoms with E-state index in [2.05, 4.69) is 15.3 Å². The molecule has 0 unspecified atom stereocenters. The zero-order chi connectivity index (χ0) is 19.4. The van der Waals surface area contributed by atoms with Gasteiger partial charge in [0.2, 0.25) is 5.91 Å². The number of methoxy groups -OCH3 is 1. The lowest BCUT2D eigenvalue weighted by atomic mass is 10.1. The monoisotopic (exact) mass is 383 g/mol. The summed E-state index contributed by atoms with van der Waals surface area (Å²) >= 11 is 5.87. The minimum atomic E-state index is -0.360. The Labute approximate surface area is 161 Å². The highest BCUT2D eigenvalue weighted by Gasteiger charge is 2.12. The molecule has 0 saturated heterocycles. The van der Waals surface area contributed by atoms with Crippen molar-refractivity contribution in [1.29, 1.82) is 0 Å². The van der Waals surface area contributed by atoms with Crippen molar-refractivity contribution in [3.63, 3.8) is 0 Å². The van der Waals surface area contributed by atoms with Gasteiger partial charge in [-0.25, -0.2) is 4.98 Å². The van der Waals surface area contributed by atoms with Gasteiger partial charge in [-0.15, -0.1) is 0 Å². The Balaban J connectivity index is 1.76. The van der Waals surface area contributed by atoms with E-state index in [0.29, 0.717) is 22.3 Å². The second kappa shape index (κ2) is 8.05. The number of carbonyl (C=O) groups excluding carboxylic acids is 1. The molecule has 27 heavy (non-hydrogen) atoms. The first-order valence-electron chi connectivity index (χ1n) is 8.25. The molecule has 1 aromatic heterocycles. The van der Waals surface area contributed by atoms with Gasteiger partial charge in [-0.05, 0) is 48.9 Å². The largest absolute Gasteiger partial charge is 0.495 e. The molecule has 3 rings (SSSR count). The molecule has 0 aliphatic rings. The quantitative estimate of drug-likeness (QED) is 0.705. The highest BCUT2D eigenvalue weighted by molar-refractivity contribution is 6.30. The van der Waals surface area contributed by atoms with Crippen molar-refractivity contribution in [2.45, 2.75) is 13.3 Å². The Morgan fingerprint density at radius 2 is 1.96 bits per heavy atom. The maximum Gasteiger partial charge on any atom is 0.254 e. The Kier molecular flexibility index (Phi) is 5.57. The molecular formula is C20H18ClN3O3. The third kappa shape index (κ3) is 4.54. The summed E-state index contributed by atoms with van der Waals surface area (Å²) in [5.41, 5.74) is 2.19. The summed E-state index contributed by atoms with van der Waals surface area (Å²) < 4.78 is 5.24. The minimum Gasteiger partial charge on any atom is -0.495 e. The second-order valence-electron chi connectivity index (χ2n) is 6.02. The van der Waals surface area contributed by atoms with Crippen LogP contribution in [0, 0.1) is 6.92 Å². The molecular weight excluding hydrogens is 366 g/mol. The molecule has 0 spiro atoms. The number of nitrogens with zero attached hydrogens (tertiary/aromatic N) is 1. The van der Waals surface area contributed by atoms with E-state index in [9.17, 15) is 9.59 Å². The molecule has 1 amide bonds. The minimum absolute atomic E-state index is 0.0969. The highest BCUT2D eigenvalue weighted by Crippen LogP contribution is 2.25. The van der Waals surface area contributed by atoms with E-state index >= 15 is 0 Å². The third-order valence-electron chi connectivity index (χ3n) is 3.97. The Hall–Kier alpha value is -3.12. The molecule has 0 radical (unpaired) electrons. The van der Waals surface area contributed by atoms with Crippen LogP contribution in [0.4, 0.5) is 5.69 Å². The number of ether oxygens (including phenoxy) is 1. The first kappa shape index (κ1) is 18.7. The number of H-pyrrole nitrogens is 1. The van der Waals surface area contributed by atoms with Crippen LogP contribution in [0.5, 0.6) is 5.75 Å². The number of nitrogens with one attached hydrogen (secondary N) is 2. The van der Waals surface area contributed by atoms with Gasteiger partial charge in [0, 0.05) is 22.3 Å². The number of aryl methyl sites for hydroxylation is 1. The summed E-state index contributed by atoms with van der Waals surface area (Å²) in [6, 6.07) is 12.4. The van der Waals surface area contributed by atoms with E-state index in [-0.39, 0.29) is 23.5 Å². The van der Waals surface area contributed by atoms with Crippen molar-refractivity contribution in [2.24, 2.45) is 0 Å². The normalized spacial score (nSPS) is 10.5. The van der Waals surface area contributed by atoms with Crippen LogP contribution in [0.15, 0.2) is 53.5 Å².